The number of rotatable bonds is 2. The van der Waals surface area contributed by atoms with Crippen LogP contribution in [0.3, 0.4) is 0 Å². The summed E-state index contributed by atoms with van der Waals surface area (Å²) in [5.41, 5.74) is 1.39. The molecule has 0 amide bonds. The molecule has 1 heterocycles. The zero-order chi connectivity index (χ0) is 13.3. The van der Waals surface area contributed by atoms with Gasteiger partial charge in [0.2, 0.25) is 0 Å². The van der Waals surface area contributed by atoms with Gasteiger partial charge in [0.05, 0.1) is 5.69 Å². The fraction of sp³-hybridized carbons (Fsp3) is 0.235. The fourth-order valence-electron chi connectivity index (χ4n) is 1.51. The molecule has 3 rings (SSSR count). The molecular weight excluding hydrogens is 237 g/mol. The molecule has 1 nitrogen and oxygen atoms in total. The van der Waals surface area contributed by atoms with Crippen molar-refractivity contribution in [2.45, 2.75) is 25.7 Å². The first-order chi connectivity index (χ1) is 9.36. The molecular formula is C17H18FN. The lowest BCUT2D eigenvalue weighted by molar-refractivity contribution is 0.504. The summed E-state index contributed by atoms with van der Waals surface area (Å²) in [4.78, 5) is 4.11. The smallest absolute Gasteiger partial charge is 0.130 e. The average molecular weight is 255 g/mol. The third-order valence-electron chi connectivity index (χ3n) is 3.03. The highest BCUT2D eigenvalue weighted by molar-refractivity contribution is 5.68. The summed E-state index contributed by atoms with van der Waals surface area (Å²) in [6.07, 6.45) is 11.2. The molecule has 0 saturated heterocycles. The summed E-state index contributed by atoms with van der Waals surface area (Å²) in [7, 11) is 0. The first kappa shape index (κ1) is 13.5. The normalized spacial score (nSPS) is 13.5. The van der Waals surface area contributed by atoms with E-state index in [0.717, 1.165) is 5.69 Å². The average Bonchev–Trinajstić information content (AvgIpc) is 2.37. The van der Waals surface area contributed by atoms with Gasteiger partial charge < -0.3 is 0 Å². The maximum absolute atomic E-state index is 13.2. The Labute approximate surface area is 113 Å². The van der Waals surface area contributed by atoms with Gasteiger partial charge in [0.15, 0.2) is 0 Å². The van der Waals surface area contributed by atoms with Crippen molar-refractivity contribution in [1.82, 2.24) is 4.98 Å². The van der Waals surface area contributed by atoms with Crippen molar-refractivity contribution in [3.8, 4) is 0 Å². The van der Waals surface area contributed by atoms with E-state index < -0.39 is 0 Å². The Kier molecular flexibility index (Phi) is 5.30. The Morgan fingerprint density at radius 3 is 2.11 bits per heavy atom. The minimum atomic E-state index is -0.218. The number of halogens is 1. The minimum absolute atomic E-state index is 0.218. The van der Waals surface area contributed by atoms with E-state index in [1.807, 2.05) is 18.2 Å². The SMILES string of the molecule is C1CCC1.Fc1ccccc1C=Cc1ccccn1. The van der Waals surface area contributed by atoms with Crippen LogP contribution in [0.25, 0.3) is 12.2 Å². The summed E-state index contributed by atoms with van der Waals surface area (Å²) in [5, 5.41) is 0. The summed E-state index contributed by atoms with van der Waals surface area (Å²) in [5.74, 6) is -0.218. The minimum Gasteiger partial charge on any atom is -0.257 e. The van der Waals surface area contributed by atoms with E-state index in [1.54, 1.807) is 36.5 Å². The molecule has 1 aromatic carbocycles. The second-order valence-corrected chi connectivity index (χ2v) is 4.52. The van der Waals surface area contributed by atoms with Gasteiger partial charge in [-0.05, 0) is 30.4 Å². The van der Waals surface area contributed by atoms with Crippen LogP contribution in [0, 0.1) is 5.82 Å². The molecule has 0 atom stereocenters. The van der Waals surface area contributed by atoms with Crippen molar-refractivity contribution in [2.75, 3.05) is 0 Å². The summed E-state index contributed by atoms with van der Waals surface area (Å²) in [6, 6.07) is 12.3. The maximum Gasteiger partial charge on any atom is 0.130 e. The Morgan fingerprint density at radius 2 is 1.53 bits per heavy atom. The molecule has 1 fully saturated rings. The summed E-state index contributed by atoms with van der Waals surface area (Å²) >= 11 is 0. The summed E-state index contributed by atoms with van der Waals surface area (Å²) < 4.78 is 13.2. The van der Waals surface area contributed by atoms with Gasteiger partial charge in [-0.15, -0.1) is 0 Å². The molecule has 2 aromatic rings. The standard InChI is InChI=1S/C13H10FN.C4H8/c14-13-7-2-1-5-11(13)8-9-12-6-3-4-10-15-12;1-2-4-3-1/h1-10H;1-4H2. The van der Waals surface area contributed by atoms with Crippen LogP contribution in [-0.4, -0.2) is 4.98 Å². The molecule has 1 aliphatic carbocycles. The van der Waals surface area contributed by atoms with Crippen LogP contribution in [-0.2, 0) is 0 Å². The topological polar surface area (TPSA) is 12.9 Å². The van der Waals surface area contributed by atoms with Crippen molar-refractivity contribution in [1.29, 1.82) is 0 Å². The second-order valence-electron chi connectivity index (χ2n) is 4.52. The summed E-state index contributed by atoms with van der Waals surface area (Å²) in [6.45, 7) is 0. The number of pyridine rings is 1. The highest BCUT2D eigenvalue weighted by atomic mass is 19.1. The highest BCUT2D eigenvalue weighted by Gasteiger charge is 1.95. The second kappa shape index (κ2) is 7.47. The van der Waals surface area contributed by atoms with E-state index in [2.05, 4.69) is 4.98 Å². The quantitative estimate of drug-likeness (QED) is 0.739. The molecule has 98 valence electrons. The van der Waals surface area contributed by atoms with E-state index in [0.29, 0.717) is 5.56 Å². The third kappa shape index (κ3) is 4.66. The van der Waals surface area contributed by atoms with E-state index in [9.17, 15) is 4.39 Å². The van der Waals surface area contributed by atoms with Gasteiger partial charge in [-0.1, -0.05) is 49.9 Å². The first-order valence-electron chi connectivity index (χ1n) is 6.70. The molecule has 0 N–H and O–H groups in total. The number of hydrogen-bond donors (Lipinski definition) is 0. The highest BCUT2D eigenvalue weighted by Crippen LogP contribution is 2.15. The molecule has 1 aliphatic rings. The van der Waals surface area contributed by atoms with E-state index >= 15 is 0 Å². The molecule has 2 heteroatoms. The third-order valence-corrected chi connectivity index (χ3v) is 3.03. The maximum atomic E-state index is 13.2. The zero-order valence-electron chi connectivity index (χ0n) is 10.9. The Bertz CT molecular complexity index is 512. The molecule has 1 aromatic heterocycles. The van der Waals surface area contributed by atoms with Crippen LogP contribution < -0.4 is 0 Å². The first-order valence-corrected chi connectivity index (χ1v) is 6.70. The lowest BCUT2D eigenvalue weighted by Crippen LogP contribution is -1.85. The lowest BCUT2D eigenvalue weighted by Gasteiger charge is -2.05. The molecule has 0 unspecified atom stereocenters. The molecule has 0 spiro atoms. The van der Waals surface area contributed by atoms with Crippen molar-refractivity contribution in [3.63, 3.8) is 0 Å². The van der Waals surface area contributed by atoms with Gasteiger partial charge in [0.25, 0.3) is 0 Å². The van der Waals surface area contributed by atoms with Crippen molar-refractivity contribution < 1.29 is 4.39 Å². The van der Waals surface area contributed by atoms with Gasteiger partial charge in [-0.25, -0.2) is 4.39 Å². The molecule has 0 radical (unpaired) electrons. The monoisotopic (exact) mass is 255 g/mol. The lowest BCUT2D eigenvalue weighted by atomic mass is 10.0. The predicted octanol–water partition coefficient (Wildman–Crippen LogP) is 4.95. The fourth-order valence-corrected chi connectivity index (χ4v) is 1.51. The largest absolute Gasteiger partial charge is 0.257 e. The van der Waals surface area contributed by atoms with Crippen LogP contribution in [0.5, 0.6) is 0 Å². The van der Waals surface area contributed by atoms with Crippen molar-refractivity contribution in [3.05, 3.63) is 65.7 Å². The van der Waals surface area contributed by atoms with Gasteiger partial charge >= 0.3 is 0 Å². The van der Waals surface area contributed by atoms with Gasteiger partial charge in [-0.2, -0.15) is 0 Å². The van der Waals surface area contributed by atoms with E-state index in [-0.39, 0.29) is 5.82 Å². The van der Waals surface area contributed by atoms with Gasteiger partial charge in [0.1, 0.15) is 5.82 Å². The van der Waals surface area contributed by atoms with Crippen molar-refractivity contribution in [2.24, 2.45) is 0 Å². The van der Waals surface area contributed by atoms with Crippen LogP contribution in [0.4, 0.5) is 4.39 Å². The van der Waals surface area contributed by atoms with Crippen LogP contribution in [0.1, 0.15) is 36.9 Å². The number of aromatic nitrogens is 1. The number of hydrogen-bond acceptors (Lipinski definition) is 1. The Balaban J connectivity index is 0.000000284. The molecule has 1 saturated carbocycles. The zero-order valence-corrected chi connectivity index (χ0v) is 10.9. The number of benzene rings is 1. The van der Waals surface area contributed by atoms with Crippen LogP contribution in [0.15, 0.2) is 48.7 Å². The molecule has 0 aliphatic heterocycles. The van der Waals surface area contributed by atoms with E-state index in [4.69, 9.17) is 0 Å². The van der Waals surface area contributed by atoms with E-state index in [1.165, 1.54) is 31.7 Å². The van der Waals surface area contributed by atoms with Crippen molar-refractivity contribution >= 4 is 12.2 Å². The van der Waals surface area contributed by atoms with Crippen LogP contribution in [0.2, 0.25) is 0 Å². The Morgan fingerprint density at radius 1 is 0.842 bits per heavy atom. The van der Waals surface area contributed by atoms with Gasteiger partial charge in [-0.3, -0.25) is 4.98 Å². The van der Waals surface area contributed by atoms with Crippen LogP contribution >= 0.6 is 0 Å². The molecule has 0 bridgehead atoms. The molecule has 19 heavy (non-hydrogen) atoms. The van der Waals surface area contributed by atoms with Gasteiger partial charge in [0, 0.05) is 11.8 Å². The number of nitrogens with zero attached hydrogens (tertiary/aromatic N) is 1. The Hall–Kier alpha value is -1.96. The predicted molar refractivity (Wildman–Crippen MR) is 78.0 cm³/mol.